The highest BCUT2D eigenvalue weighted by atomic mass is 32.2. The van der Waals surface area contributed by atoms with Crippen LogP contribution in [0.5, 0.6) is 11.5 Å². The number of nitrogens with zero attached hydrogens (tertiary/aromatic N) is 1. The van der Waals surface area contributed by atoms with Gasteiger partial charge in [-0.05, 0) is 18.6 Å². The van der Waals surface area contributed by atoms with Gasteiger partial charge in [-0.2, -0.15) is 12.7 Å². The summed E-state index contributed by atoms with van der Waals surface area (Å²) in [4.78, 5) is 0. The molecule has 0 saturated heterocycles. The van der Waals surface area contributed by atoms with Crippen molar-refractivity contribution in [3.8, 4) is 11.5 Å². The molecule has 0 saturated carbocycles. The van der Waals surface area contributed by atoms with Crippen LogP contribution < -0.4 is 14.2 Å². The second kappa shape index (κ2) is 5.45. The second-order valence-electron chi connectivity index (χ2n) is 3.91. The molecule has 0 aromatic heterocycles. The maximum Gasteiger partial charge on any atom is 0.301 e. The number of aryl methyl sites for hydroxylation is 1. The molecule has 0 unspecified atom stereocenters. The Kier molecular flexibility index (Phi) is 4.42. The van der Waals surface area contributed by atoms with Gasteiger partial charge in [0.2, 0.25) is 0 Å². The Balaban J connectivity index is 3.19. The van der Waals surface area contributed by atoms with Gasteiger partial charge in [-0.15, -0.1) is 0 Å². The number of ether oxygens (including phenoxy) is 2. The van der Waals surface area contributed by atoms with Crippen molar-refractivity contribution >= 4 is 15.9 Å². The summed E-state index contributed by atoms with van der Waals surface area (Å²) < 4.78 is 37.3. The predicted molar refractivity (Wildman–Crippen MR) is 70.5 cm³/mol. The SMILES string of the molecule is COc1cc(C)c(NS(=O)(=O)N(C)C)cc1OC. The summed E-state index contributed by atoms with van der Waals surface area (Å²) in [7, 11) is 2.41. The Morgan fingerprint density at radius 3 is 2.06 bits per heavy atom. The summed E-state index contributed by atoms with van der Waals surface area (Å²) in [5.41, 5.74) is 1.21. The van der Waals surface area contributed by atoms with Crippen LogP contribution in [0.1, 0.15) is 5.56 Å². The van der Waals surface area contributed by atoms with Crippen LogP contribution >= 0.6 is 0 Å². The van der Waals surface area contributed by atoms with E-state index < -0.39 is 10.2 Å². The molecule has 1 rings (SSSR count). The summed E-state index contributed by atoms with van der Waals surface area (Å²) in [6, 6.07) is 3.31. The van der Waals surface area contributed by atoms with E-state index in [1.165, 1.54) is 28.3 Å². The highest BCUT2D eigenvalue weighted by molar-refractivity contribution is 7.90. The van der Waals surface area contributed by atoms with Gasteiger partial charge < -0.3 is 9.47 Å². The number of hydrogen-bond acceptors (Lipinski definition) is 4. The minimum Gasteiger partial charge on any atom is -0.493 e. The Morgan fingerprint density at radius 2 is 1.61 bits per heavy atom. The zero-order valence-electron chi connectivity index (χ0n) is 11.1. The first kappa shape index (κ1) is 14.6. The number of methoxy groups -OCH3 is 2. The molecule has 0 atom stereocenters. The molecular formula is C11H18N2O4S. The topological polar surface area (TPSA) is 67.9 Å². The van der Waals surface area contributed by atoms with E-state index in [9.17, 15) is 8.42 Å². The number of hydrogen-bond donors (Lipinski definition) is 1. The van der Waals surface area contributed by atoms with Gasteiger partial charge in [-0.25, -0.2) is 0 Å². The minimum atomic E-state index is -3.53. The summed E-state index contributed by atoms with van der Waals surface area (Å²) in [6.07, 6.45) is 0. The van der Waals surface area contributed by atoms with Crippen molar-refractivity contribution in [3.05, 3.63) is 17.7 Å². The molecule has 0 bridgehead atoms. The van der Waals surface area contributed by atoms with Crippen molar-refractivity contribution < 1.29 is 17.9 Å². The fourth-order valence-corrected chi connectivity index (χ4v) is 2.00. The number of rotatable bonds is 5. The lowest BCUT2D eigenvalue weighted by molar-refractivity contribution is 0.355. The molecular weight excluding hydrogens is 256 g/mol. The van der Waals surface area contributed by atoms with Gasteiger partial charge in [-0.1, -0.05) is 0 Å². The third-order valence-corrected chi connectivity index (χ3v) is 3.89. The molecule has 102 valence electrons. The average molecular weight is 274 g/mol. The van der Waals surface area contributed by atoms with E-state index >= 15 is 0 Å². The van der Waals surface area contributed by atoms with Crippen LogP contribution in [0, 0.1) is 6.92 Å². The van der Waals surface area contributed by atoms with Crippen molar-refractivity contribution in [3.63, 3.8) is 0 Å². The largest absolute Gasteiger partial charge is 0.493 e. The summed E-state index contributed by atoms with van der Waals surface area (Å²) in [6.45, 7) is 1.79. The fraction of sp³-hybridized carbons (Fsp3) is 0.455. The van der Waals surface area contributed by atoms with Crippen LogP contribution in [-0.2, 0) is 10.2 Å². The predicted octanol–water partition coefficient (Wildman–Crippen LogP) is 1.23. The van der Waals surface area contributed by atoms with Crippen molar-refractivity contribution in [2.24, 2.45) is 0 Å². The van der Waals surface area contributed by atoms with E-state index in [0.29, 0.717) is 17.2 Å². The van der Waals surface area contributed by atoms with Gasteiger partial charge in [0.25, 0.3) is 0 Å². The quantitative estimate of drug-likeness (QED) is 0.877. The molecule has 0 heterocycles. The molecule has 1 N–H and O–H groups in total. The van der Waals surface area contributed by atoms with E-state index in [-0.39, 0.29) is 0 Å². The Hall–Kier alpha value is -1.47. The maximum absolute atomic E-state index is 11.7. The number of nitrogens with one attached hydrogen (secondary N) is 1. The van der Waals surface area contributed by atoms with Gasteiger partial charge in [0.1, 0.15) is 0 Å². The Morgan fingerprint density at radius 1 is 1.11 bits per heavy atom. The van der Waals surface area contributed by atoms with Gasteiger partial charge in [0, 0.05) is 20.2 Å². The van der Waals surface area contributed by atoms with E-state index in [0.717, 1.165) is 9.87 Å². The molecule has 0 aliphatic heterocycles. The second-order valence-corrected chi connectivity index (χ2v) is 5.80. The van der Waals surface area contributed by atoms with Gasteiger partial charge >= 0.3 is 10.2 Å². The molecule has 0 amide bonds. The van der Waals surface area contributed by atoms with Crippen LogP contribution in [0.4, 0.5) is 5.69 Å². The Labute approximate surface area is 108 Å². The lowest BCUT2D eigenvalue weighted by atomic mass is 10.2. The first-order valence-electron chi connectivity index (χ1n) is 5.24. The van der Waals surface area contributed by atoms with Crippen LogP contribution in [0.2, 0.25) is 0 Å². The van der Waals surface area contributed by atoms with E-state index in [1.54, 1.807) is 19.1 Å². The van der Waals surface area contributed by atoms with Crippen LogP contribution in [0.15, 0.2) is 12.1 Å². The zero-order chi connectivity index (χ0) is 13.9. The summed E-state index contributed by atoms with van der Waals surface area (Å²) in [5, 5.41) is 0. The molecule has 0 aliphatic carbocycles. The van der Waals surface area contributed by atoms with Crippen molar-refractivity contribution in [1.82, 2.24) is 4.31 Å². The first-order valence-corrected chi connectivity index (χ1v) is 6.68. The van der Waals surface area contributed by atoms with Crippen molar-refractivity contribution in [1.29, 1.82) is 0 Å². The molecule has 0 radical (unpaired) electrons. The molecule has 0 spiro atoms. The highest BCUT2D eigenvalue weighted by Crippen LogP contribution is 2.33. The normalized spacial score (nSPS) is 11.4. The van der Waals surface area contributed by atoms with Crippen LogP contribution in [-0.4, -0.2) is 41.0 Å². The number of benzene rings is 1. The van der Waals surface area contributed by atoms with E-state index in [1.807, 2.05) is 0 Å². The average Bonchev–Trinajstić information content (AvgIpc) is 2.30. The molecule has 6 nitrogen and oxygen atoms in total. The monoisotopic (exact) mass is 274 g/mol. The molecule has 7 heteroatoms. The Bertz CT molecular complexity index is 526. The fourth-order valence-electron chi connectivity index (χ4n) is 1.32. The smallest absolute Gasteiger partial charge is 0.301 e. The third kappa shape index (κ3) is 3.05. The summed E-state index contributed by atoms with van der Waals surface area (Å²) >= 11 is 0. The van der Waals surface area contributed by atoms with Gasteiger partial charge in [-0.3, -0.25) is 4.72 Å². The van der Waals surface area contributed by atoms with Crippen LogP contribution in [0.3, 0.4) is 0 Å². The number of anilines is 1. The van der Waals surface area contributed by atoms with E-state index in [2.05, 4.69) is 4.72 Å². The molecule has 1 aromatic carbocycles. The highest BCUT2D eigenvalue weighted by Gasteiger charge is 2.16. The molecule has 0 fully saturated rings. The standard InChI is InChI=1S/C11H18N2O4S/c1-8-6-10(16-4)11(17-5)7-9(8)12-18(14,15)13(2)3/h6-7,12H,1-5H3. The molecule has 18 heavy (non-hydrogen) atoms. The lowest BCUT2D eigenvalue weighted by Crippen LogP contribution is -2.29. The zero-order valence-corrected chi connectivity index (χ0v) is 12.0. The lowest BCUT2D eigenvalue weighted by Gasteiger charge is -2.17. The van der Waals surface area contributed by atoms with Crippen molar-refractivity contribution in [2.75, 3.05) is 33.0 Å². The minimum absolute atomic E-state index is 0.460. The maximum atomic E-state index is 11.7. The first-order chi connectivity index (χ1) is 8.31. The molecule has 1 aromatic rings. The molecule has 0 aliphatic rings. The van der Waals surface area contributed by atoms with Gasteiger partial charge in [0.05, 0.1) is 19.9 Å². The van der Waals surface area contributed by atoms with E-state index in [4.69, 9.17) is 9.47 Å². The third-order valence-electron chi connectivity index (χ3n) is 2.45. The summed E-state index contributed by atoms with van der Waals surface area (Å²) in [5.74, 6) is 1.03. The van der Waals surface area contributed by atoms with Crippen molar-refractivity contribution in [2.45, 2.75) is 6.92 Å². The van der Waals surface area contributed by atoms with Gasteiger partial charge in [0.15, 0.2) is 11.5 Å². The van der Waals surface area contributed by atoms with Crippen LogP contribution in [0.25, 0.3) is 0 Å².